The third-order valence-electron chi connectivity index (χ3n) is 3.56. The monoisotopic (exact) mass is 349 g/mol. The van der Waals surface area contributed by atoms with Crippen molar-refractivity contribution in [2.75, 3.05) is 13.1 Å². The smallest absolute Gasteiger partial charge is 0.191 e. The van der Waals surface area contributed by atoms with E-state index in [0.29, 0.717) is 11.0 Å². The van der Waals surface area contributed by atoms with Crippen LogP contribution in [0, 0.1) is 6.92 Å². The Morgan fingerprint density at radius 3 is 2.54 bits per heavy atom. The molecule has 0 amide bonds. The van der Waals surface area contributed by atoms with Crippen molar-refractivity contribution >= 4 is 17.6 Å². The van der Waals surface area contributed by atoms with Crippen LogP contribution in [0.1, 0.15) is 43.1 Å². The number of hydrogen-bond donors (Lipinski definition) is 3. The van der Waals surface area contributed by atoms with E-state index in [-0.39, 0.29) is 12.6 Å². The van der Waals surface area contributed by atoms with Crippen LogP contribution in [-0.2, 0) is 0 Å². The Labute approximate surface area is 147 Å². The summed E-state index contributed by atoms with van der Waals surface area (Å²) < 4.78 is 5.62. The van der Waals surface area contributed by atoms with Gasteiger partial charge in [0.2, 0.25) is 0 Å². The Morgan fingerprint density at radius 2 is 1.96 bits per heavy atom. The minimum absolute atomic E-state index is 0.0239. The summed E-state index contributed by atoms with van der Waals surface area (Å²) in [6, 6.07) is 11.0. The Morgan fingerprint density at radius 1 is 1.25 bits per heavy atom. The maximum Gasteiger partial charge on any atom is 0.191 e. The third kappa shape index (κ3) is 5.28. The van der Waals surface area contributed by atoms with Crippen molar-refractivity contribution in [3.05, 3.63) is 58.5 Å². The molecule has 0 fully saturated rings. The minimum Gasteiger partial charge on any atom is -0.464 e. The predicted octanol–water partition coefficient (Wildman–Crippen LogP) is 3.59. The Hall–Kier alpha value is -1.98. The van der Waals surface area contributed by atoms with Gasteiger partial charge in [-0.25, -0.2) is 0 Å². The second kappa shape index (κ2) is 8.76. The molecule has 1 aromatic heterocycles. The SMILES string of the molecule is CCNC(=NCC(O)c1ccc(Cl)cc1)NC(C)c1ccc(C)o1. The molecule has 130 valence electrons. The quantitative estimate of drug-likeness (QED) is 0.550. The number of nitrogens with one attached hydrogen (secondary N) is 2. The van der Waals surface area contributed by atoms with Gasteiger partial charge in [-0.1, -0.05) is 23.7 Å². The molecule has 0 radical (unpaired) electrons. The number of hydrogen-bond acceptors (Lipinski definition) is 3. The van der Waals surface area contributed by atoms with Crippen LogP contribution in [0.4, 0.5) is 0 Å². The van der Waals surface area contributed by atoms with Gasteiger partial charge in [-0.2, -0.15) is 0 Å². The summed E-state index contributed by atoms with van der Waals surface area (Å²) in [6.45, 7) is 6.89. The molecule has 0 aliphatic heterocycles. The maximum atomic E-state index is 10.3. The zero-order valence-corrected chi connectivity index (χ0v) is 15.0. The highest BCUT2D eigenvalue weighted by Crippen LogP contribution is 2.17. The summed E-state index contributed by atoms with van der Waals surface area (Å²) in [5.41, 5.74) is 0.786. The number of halogens is 1. The average molecular weight is 350 g/mol. The van der Waals surface area contributed by atoms with Crippen LogP contribution in [0.3, 0.4) is 0 Å². The number of rotatable bonds is 6. The summed E-state index contributed by atoms with van der Waals surface area (Å²) in [5, 5.41) is 17.4. The second-order valence-corrected chi connectivity index (χ2v) is 6.04. The number of furan rings is 1. The predicted molar refractivity (Wildman–Crippen MR) is 97.4 cm³/mol. The van der Waals surface area contributed by atoms with Crippen LogP contribution in [0.25, 0.3) is 0 Å². The summed E-state index contributed by atoms with van der Waals surface area (Å²) in [6.07, 6.45) is -0.682. The number of guanidine groups is 1. The van der Waals surface area contributed by atoms with E-state index < -0.39 is 6.10 Å². The van der Waals surface area contributed by atoms with Crippen molar-refractivity contribution < 1.29 is 9.52 Å². The molecule has 0 aliphatic rings. The third-order valence-corrected chi connectivity index (χ3v) is 3.81. The molecule has 2 aromatic rings. The second-order valence-electron chi connectivity index (χ2n) is 5.60. The highest BCUT2D eigenvalue weighted by atomic mass is 35.5. The van der Waals surface area contributed by atoms with E-state index in [1.54, 1.807) is 24.3 Å². The molecule has 2 unspecified atom stereocenters. The molecule has 0 bridgehead atoms. The highest BCUT2D eigenvalue weighted by molar-refractivity contribution is 6.30. The molecule has 2 rings (SSSR count). The number of aliphatic hydroxyl groups excluding tert-OH is 1. The minimum atomic E-state index is -0.682. The van der Waals surface area contributed by atoms with E-state index in [4.69, 9.17) is 16.0 Å². The number of aryl methyl sites for hydroxylation is 1. The standard InChI is InChI=1S/C18H24ClN3O2/c1-4-20-18(22-13(3)17-10-5-12(2)24-17)21-11-16(23)14-6-8-15(19)9-7-14/h5-10,13,16,23H,4,11H2,1-3H3,(H2,20,21,22). The molecular formula is C18H24ClN3O2. The Balaban J connectivity index is 2.00. The largest absolute Gasteiger partial charge is 0.464 e. The van der Waals surface area contributed by atoms with Crippen LogP contribution in [0.5, 0.6) is 0 Å². The van der Waals surface area contributed by atoms with Crippen LogP contribution in [0.15, 0.2) is 45.8 Å². The van der Waals surface area contributed by atoms with Gasteiger partial charge in [0.1, 0.15) is 11.5 Å². The molecule has 0 saturated carbocycles. The molecule has 2 atom stereocenters. The average Bonchev–Trinajstić information content (AvgIpc) is 3.00. The first-order valence-electron chi connectivity index (χ1n) is 8.04. The lowest BCUT2D eigenvalue weighted by molar-refractivity contribution is 0.187. The van der Waals surface area contributed by atoms with Crippen LogP contribution < -0.4 is 10.6 Å². The first kappa shape index (κ1) is 18.4. The van der Waals surface area contributed by atoms with E-state index in [1.807, 2.05) is 32.9 Å². The fraction of sp³-hybridized carbons (Fsp3) is 0.389. The zero-order valence-electron chi connectivity index (χ0n) is 14.2. The first-order valence-corrected chi connectivity index (χ1v) is 8.42. The van der Waals surface area contributed by atoms with Gasteiger partial charge in [0, 0.05) is 11.6 Å². The number of aliphatic hydroxyl groups is 1. The van der Waals surface area contributed by atoms with Crippen molar-refractivity contribution in [3.8, 4) is 0 Å². The lowest BCUT2D eigenvalue weighted by atomic mass is 10.1. The van der Waals surface area contributed by atoms with E-state index in [0.717, 1.165) is 23.6 Å². The van der Waals surface area contributed by atoms with Gasteiger partial charge in [0.25, 0.3) is 0 Å². The normalized spacial score (nSPS) is 14.3. The first-order chi connectivity index (χ1) is 11.5. The van der Waals surface area contributed by atoms with Crippen molar-refractivity contribution in [2.24, 2.45) is 4.99 Å². The molecule has 0 aliphatic carbocycles. The van der Waals surface area contributed by atoms with Crippen molar-refractivity contribution in [1.29, 1.82) is 0 Å². The number of aliphatic imine (C=N–C) groups is 1. The fourth-order valence-electron chi connectivity index (χ4n) is 2.25. The van der Waals surface area contributed by atoms with Gasteiger partial charge >= 0.3 is 0 Å². The summed E-state index contributed by atoms with van der Waals surface area (Å²) in [4.78, 5) is 4.45. The molecule has 24 heavy (non-hydrogen) atoms. The van der Waals surface area contributed by atoms with Gasteiger partial charge in [-0.05, 0) is 50.6 Å². The highest BCUT2D eigenvalue weighted by Gasteiger charge is 2.12. The van der Waals surface area contributed by atoms with Gasteiger partial charge in [0.05, 0.1) is 18.7 Å². The van der Waals surface area contributed by atoms with Gasteiger partial charge < -0.3 is 20.2 Å². The van der Waals surface area contributed by atoms with Crippen LogP contribution >= 0.6 is 11.6 Å². The zero-order chi connectivity index (χ0) is 17.5. The van der Waals surface area contributed by atoms with E-state index in [1.165, 1.54) is 0 Å². The fourth-order valence-corrected chi connectivity index (χ4v) is 2.38. The number of benzene rings is 1. The molecule has 3 N–H and O–H groups in total. The van der Waals surface area contributed by atoms with Crippen molar-refractivity contribution in [1.82, 2.24) is 10.6 Å². The molecule has 0 saturated heterocycles. The Kier molecular flexibility index (Phi) is 6.70. The van der Waals surface area contributed by atoms with Crippen LogP contribution in [-0.4, -0.2) is 24.2 Å². The maximum absolute atomic E-state index is 10.3. The summed E-state index contributed by atoms with van der Waals surface area (Å²) in [7, 11) is 0. The van der Waals surface area contributed by atoms with Crippen molar-refractivity contribution in [2.45, 2.75) is 32.9 Å². The van der Waals surface area contributed by atoms with E-state index in [9.17, 15) is 5.11 Å². The summed E-state index contributed by atoms with van der Waals surface area (Å²) >= 11 is 5.86. The molecule has 5 nitrogen and oxygen atoms in total. The van der Waals surface area contributed by atoms with E-state index >= 15 is 0 Å². The van der Waals surface area contributed by atoms with Crippen molar-refractivity contribution in [3.63, 3.8) is 0 Å². The lowest BCUT2D eigenvalue weighted by Crippen LogP contribution is -2.39. The Bertz CT molecular complexity index is 667. The van der Waals surface area contributed by atoms with Gasteiger partial charge in [0.15, 0.2) is 5.96 Å². The van der Waals surface area contributed by atoms with Gasteiger partial charge in [-0.15, -0.1) is 0 Å². The van der Waals surface area contributed by atoms with Gasteiger partial charge in [-0.3, -0.25) is 4.99 Å². The molecule has 0 spiro atoms. The number of nitrogens with zero attached hydrogens (tertiary/aromatic N) is 1. The van der Waals surface area contributed by atoms with Crippen LogP contribution in [0.2, 0.25) is 5.02 Å². The molecule has 1 aromatic carbocycles. The topological polar surface area (TPSA) is 69.8 Å². The molecule has 1 heterocycles. The molecule has 6 heteroatoms. The lowest BCUT2D eigenvalue weighted by Gasteiger charge is -2.17. The molecular weight excluding hydrogens is 326 g/mol. The summed E-state index contributed by atoms with van der Waals surface area (Å²) in [5.74, 6) is 2.35. The van der Waals surface area contributed by atoms with E-state index in [2.05, 4.69) is 15.6 Å².